The van der Waals surface area contributed by atoms with Crippen LogP contribution in [0.2, 0.25) is 0 Å². The van der Waals surface area contributed by atoms with Crippen molar-refractivity contribution in [3.63, 3.8) is 0 Å². The van der Waals surface area contributed by atoms with E-state index < -0.39 is 0 Å². The molecule has 2 heterocycles. The van der Waals surface area contributed by atoms with E-state index in [0.29, 0.717) is 5.82 Å². The number of hydrogen-bond acceptors (Lipinski definition) is 4. The van der Waals surface area contributed by atoms with Crippen LogP contribution < -0.4 is 10.6 Å². The number of rotatable bonds is 3. The third-order valence-corrected chi connectivity index (χ3v) is 3.71. The summed E-state index contributed by atoms with van der Waals surface area (Å²) in [5, 5.41) is 0. The minimum atomic E-state index is 0.602. The molecule has 20 heavy (non-hydrogen) atoms. The number of pyridine rings is 1. The van der Waals surface area contributed by atoms with Gasteiger partial charge in [0.15, 0.2) is 0 Å². The summed E-state index contributed by atoms with van der Waals surface area (Å²) in [6.45, 7) is 5.13. The van der Waals surface area contributed by atoms with Crippen LogP contribution >= 0.6 is 0 Å². The van der Waals surface area contributed by atoms with Gasteiger partial charge in [-0.2, -0.15) is 0 Å². The lowest BCUT2D eigenvalue weighted by Gasteiger charge is -2.35. The van der Waals surface area contributed by atoms with E-state index in [1.807, 2.05) is 18.2 Å². The van der Waals surface area contributed by atoms with Crippen LogP contribution in [-0.4, -0.2) is 36.1 Å². The molecule has 1 aliphatic heterocycles. The minimum absolute atomic E-state index is 0.602. The second kappa shape index (κ2) is 5.92. The van der Waals surface area contributed by atoms with Crippen LogP contribution in [0.5, 0.6) is 0 Å². The Labute approximate surface area is 119 Å². The van der Waals surface area contributed by atoms with Gasteiger partial charge in [-0.1, -0.05) is 24.3 Å². The maximum absolute atomic E-state index is 5.72. The molecule has 104 valence electrons. The molecule has 4 nitrogen and oxygen atoms in total. The molecular formula is C16H20N4. The Morgan fingerprint density at radius 1 is 0.900 bits per heavy atom. The lowest BCUT2D eigenvalue weighted by Crippen LogP contribution is -2.46. The summed E-state index contributed by atoms with van der Waals surface area (Å²) in [6.07, 6.45) is 0. The highest BCUT2D eigenvalue weighted by atomic mass is 15.3. The molecule has 0 radical (unpaired) electrons. The fourth-order valence-corrected chi connectivity index (χ4v) is 2.62. The normalized spacial score (nSPS) is 16.3. The van der Waals surface area contributed by atoms with Crippen molar-refractivity contribution in [1.29, 1.82) is 0 Å². The smallest absolute Gasteiger partial charge is 0.123 e. The molecule has 0 unspecified atom stereocenters. The number of nitrogen functional groups attached to an aromatic ring is 1. The Bertz CT molecular complexity index is 547. The van der Waals surface area contributed by atoms with Crippen molar-refractivity contribution in [3.8, 4) is 0 Å². The van der Waals surface area contributed by atoms with Crippen molar-refractivity contribution in [1.82, 2.24) is 9.88 Å². The Balaban J connectivity index is 1.56. The van der Waals surface area contributed by atoms with Gasteiger partial charge in [0.2, 0.25) is 0 Å². The Morgan fingerprint density at radius 2 is 1.65 bits per heavy atom. The minimum Gasteiger partial charge on any atom is -0.384 e. The van der Waals surface area contributed by atoms with E-state index in [0.717, 1.165) is 38.4 Å². The molecule has 0 saturated carbocycles. The summed E-state index contributed by atoms with van der Waals surface area (Å²) in [4.78, 5) is 9.23. The van der Waals surface area contributed by atoms with Gasteiger partial charge in [0, 0.05) is 38.4 Å². The largest absolute Gasteiger partial charge is 0.384 e. The van der Waals surface area contributed by atoms with Crippen molar-refractivity contribution in [3.05, 3.63) is 54.2 Å². The molecule has 0 aliphatic carbocycles. The molecule has 3 rings (SSSR count). The second-order valence-corrected chi connectivity index (χ2v) is 5.15. The summed E-state index contributed by atoms with van der Waals surface area (Å²) < 4.78 is 0. The molecule has 4 heteroatoms. The van der Waals surface area contributed by atoms with Crippen LogP contribution in [0.1, 0.15) is 5.69 Å². The fourth-order valence-electron chi connectivity index (χ4n) is 2.62. The topological polar surface area (TPSA) is 45.4 Å². The average Bonchev–Trinajstić information content (AvgIpc) is 2.49. The molecule has 1 aliphatic rings. The van der Waals surface area contributed by atoms with Crippen molar-refractivity contribution >= 4 is 11.5 Å². The fraction of sp³-hybridized carbons (Fsp3) is 0.312. The number of hydrogen-bond donors (Lipinski definition) is 1. The summed E-state index contributed by atoms with van der Waals surface area (Å²) in [6, 6.07) is 16.4. The van der Waals surface area contributed by atoms with Gasteiger partial charge < -0.3 is 10.6 Å². The quantitative estimate of drug-likeness (QED) is 0.924. The van der Waals surface area contributed by atoms with Gasteiger partial charge in [-0.25, -0.2) is 4.98 Å². The molecule has 0 amide bonds. The number of nitrogens with zero attached hydrogens (tertiary/aromatic N) is 3. The van der Waals surface area contributed by atoms with Gasteiger partial charge in [-0.3, -0.25) is 4.90 Å². The predicted octanol–water partition coefficient (Wildman–Crippen LogP) is 1.99. The highest BCUT2D eigenvalue weighted by Gasteiger charge is 2.17. The van der Waals surface area contributed by atoms with Crippen LogP contribution in [0.4, 0.5) is 11.5 Å². The van der Waals surface area contributed by atoms with Gasteiger partial charge in [0.05, 0.1) is 5.69 Å². The molecule has 0 spiro atoms. The van der Waals surface area contributed by atoms with E-state index in [1.54, 1.807) is 0 Å². The zero-order valence-electron chi connectivity index (χ0n) is 11.6. The van der Waals surface area contributed by atoms with Gasteiger partial charge in [-0.05, 0) is 24.3 Å². The number of piperazine rings is 1. The molecule has 0 bridgehead atoms. The molecular weight excluding hydrogens is 248 g/mol. The zero-order valence-corrected chi connectivity index (χ0v) is 11.6. The number of aromatic nitrogens is 1. The van der Waals surface area contributed by atoms with Gasteiger partial charge in [0.25, 0.3) is 0 Å². The average molecular weight is 268 g/mol. The molecule has 2 N–H and O–H groups in total. The van der Waals surface area contributed by atoms with E-state index in [1.165, 1.54) is 5.69 Å². The summed E-state index contributed by atoms with van der Waals surface area (Å²) >= 11 is 0. The maximum Gasteiger partial charge on any atom is 0.123 e. The second-order valence-electron chi connectivity index (χ2n) is 5.15. The van der Waals surface area contributed by atoms with E-state index in [9.17, 15) is 0 Å². The third kappa shape index (κ3) is 3.08. The first-order valence-electron chi connectivity index (χ1n) is 7.05. The van der Waals surface area contributed by atoms with Crippen LogP contribution in [0.25, 0.3) is 0 Å². The Hall–Kier alpha value is -2.07. The number of para-hydroxylation sites is 1. The van der Waals surface area contributed by atoms with Crippen molar-refractivity contribution in [2.24, 2.45) is 0 Å². The molecule has 0 atom stereocenters. The maximum atomic E-state index is 5.72. The van der Waals surface area contributed by atoms with E-state index in [-0.39, 0.29) is 0 Å². The standard InChI is InChI=1S/C16H20N4/c17-16-8-4-5-14(18-16)13-19-9-11-20(12-10-19)15-6-2-1-3-7-15/h1-8H,9-13H2,(H2,17,18). The highest BCUT2D eigenvalue weighted by Crippen LogP contribution is 2.16. The first kappa shape index (κ1) is 12.9. The first-order chi connectivity index (χ1) is 9.81. The van der Waals surface area contributed by atoms with Crippen LogP contribution in [0.3, 0.4) is 0 Å². The van der Waals surface area contributed by atoms with Gasteiger partial charge in [0.1, 0.15) is 5.82 Å². The summed E-state index contributed by atoms with van der Waals surface area (Å²) in [5.74, 6) is 0.602. The highest BCUT2D eigenvalue weighted by molar-refractivity contribution is 5.46. The van der Waals surface area contributed by atoms with Crippen LogP contribution in [0.15, 0.2) is 48.5 Å². The van der Waals surface area contributed by atoms with Crippen LogP contribution in [0, 0.1) is 0 Å². The summed E-state index contributed by atoms with van der Waals surface area (Å²) in [5.41, 5.74) is 8.09. The Kier molecular flexibility index (Phi) is 3.83. The van der Waals surface area contributed by atoms with E-state index in [2.05, 4.69) is 45.1 Å². The lowest BCUT2D eigenvalue weighted by molar-refractivity contribution is 0.247. The monoisotopic (exact) mass is 268 g/mol. The van der Waals surface area contributed by atoms with Gasteiger partial charge in [-0.15, -0.1) is 0 Å². The van der Waals surface area contributed by atoms with Crippen molar-refractivity contribution in [2.75, 3.05) is 36.8 Å². The van der Waals surface area contributed by atoms with Crippen LogP contribution in [-0.2, 0) is 6.54 Å². The zero-order chi connectivity index (χ0) is 13.8. The van der Waals surface area contributed by atoms with E-state index in [4.69, 9.17) is 5.73 Å². The molecule has 1 aromatic carbocycles. The SMILES string of the molecule is Nc1cccc(CN2CCN(c3ccccc3)CC2)n1. The Morgan fingerprint density at radius 3 is 2.35 bits per heavy atom. The lowest BCUT2D eigenvalue weighted by atomic mass is 10.2. The molecule has 2 aromatic rings. The summed E-state index contributed by atoms with van der Waals surface area (Å²) in [7, 11) is 0. The molecule has 1 fully saturated rings. The molecule has 1 aromatic heterocycles. The number of anilines is 2. The number of nitrogens with two attached hydrogens (primary N) is 1. The van der Waals surface area contributed by atoms with Crippen molar-refractivity contribution < 1.29 is 0 Å². The first-order valence-corrected chi connectivity index (χ1v) is 7.05. The van der Waals surface area contributed by atoms with Gasteiger partial charge >= 0.3 is 0 Å². The van der Waals surface area contributed by atoms with E-state index >= 15 is 0 Å². The predicted molar refractivity (Wildman–Crippen MR) is 82.6 cm³/mol. The molecule has 1 saturated heterocycles. The third-order valence-electron chi connectivity index (χ3n) is 3.71. The number of benzene rings is 1. The van der Waals surface area contributed by atoms with Crippen molar-refractivity contribution in [2.45, 2.75) is 6.54 Å².